The molecule has 300 valence electrons. The molecule has 8 nitrogen and oxygen atoms in total. The zero-order valence-electron chi connectivity index (χ0n) is 34.6. The topological polar surface area (TPSA) is 123 Å². The first-order chi connectivity index (χ1) is 25.6. The van der Waals surface area contributed by atoms with Crippen LogP contribution in [-0.4, -0.2) is 39.8 Å². The Kier molecular flexibility index (Phi) is 9.70. The van der Waals surface area contributed by atoms with Crippen molar-refractivity contribution < 1.29 is 29.0 Å². The van der Waals surface area contributed by atoms with Gasteiger partial charge in [-0.05, 0) is 147 Å². The summed E-state index contributed by atoms with van der Waals surface area (Å²) >= 11 is 6.10. The molecule has 0 saturated heterocycles. The number of allylic oxidation sites excluding steroid dienone is 3. The Morgan fingerprint density at radius 3 is 2.29 bits per heavy atom. The van der Waals surface area contributed by atoms with E-state index in [-0.39, 0.29) is 57.7 Å². The first-order valence-corrected chi connectivity index (χ1v) is 21.3. The fourth-order valence-electron chi connectivity index (χ4n) is 13.4. The van der Waals surface area contributed by atoms with Crippen LogP contribution in [-0.2, 0) is 29.5 Å². The lowest BCUT2D eigenvalue weighted by Crippen LogP contribution is -2.65. The standard InChI is InChI=1S/C46H63ClN2O6/c1-27(2)37-30(50)24-45(19-16-35(51)49-46(22-23-46)33-13-10-28(47)26-48-33)21-20-43(8)29(38(37)45)11-12-32-42(7)17-15-34(55-36(52)25-40(3,4)39(53)54)41(5,6)31(42)14-18-44(32,43)9/h10,13,16,19,26-27,29,31-32,34H,11-12,14-15,17-18,20-25H2,1-9H3,(H,49,51)(H,53,54). The van der Waals surface area contributed by atoms with Gasteiger partial charge >= 0.3 is 11.9 Å². The quantitative estimate of drug-likeness (QED) is 0.189. The van der Waals surface area contributed by atoms with Crippen molar-refractivity contribution in [2.75, 3.05) is 0 Å². The number of pyridine rings is 1. The van der Waals surface area contributed by atoms with E-state index in [9.17, 15) is 24.3 Å². The van der Waals surface area contributed by atoms with Crippen LogP contribution in [0, 0.1) is 56.2 Å². The number of amides is 1. The molecule has 1 aromatic rings. The molecule has 6 aliphatic rings. The second-order valence-corrected chi connectivity index (χ2v) is 21.3. The third-order valence-electron chi connectivity index (χ3n) is 16.7. The van der Waals surface area contributed by atoms with Crippen LogP contribution in [0.4, 0.5) is 0 Å². The van der Waals surface area contributed by atoms with E-state index in [1.807, 2.05) is 12.1 Å². The predicted molar refractivity (Wildman–Crippen MR) is 213 cm³/mol. The van der Waals surface area contributed by atoms with Crippen molar-refractivity contribution in [1.29, 1.82) is 0 Å². The summed E-state index contributed by atoms with van der Waals surface area (Å²) in [5, 5.41) is 13.4. The highest BCUT2D eigenvalue weighted by atomic mass is 35.5. The van der Waals surface area contributed by atoms with Crippen molar-refractivity contribution in [2.45, 2.75) is 151 Å². The highest BCUT2D eigenvalue weighted by Crippen LogP contribution is 2.77. The van der Waals surface area contributed by atoms with Gasteiger partial charge in [0.05, 0.1) is 28.1 Å². The lowest BCUT2D eigenvalue weighted by atomic mass is 9.33. The molecular weight excluding hydrogens is 712 g/mol. The third-order valence-corrected chi connectivity index (χ3v) is 17.0. The summed E-state index contributed by atoms with van der Waals surface area (Å²) in [7, 11) is 0. The van der Waals surface area contributed by atoms with Gasteiger partial charge in [-0.25, -0.2) is 0 Å². The molecule has 8 unspecified atom stereocenters. The number of ether oxygens (including phenoxy) is 1. The number of rotatable bonds is 9. The van der Waals surface area contributed by atoms with Gasteiger partial charge in [0, 0.05) is 23.4 Å². The Morgan fingerprint density at radius 1 is 0.964 bits per heavy atom. The number of aromatic nitrogens is 1. The van der Waals surface area contributed by atoms with Crippen LogP contribution in [0.15, 0.2) is 41.6 Å². The summed E-state index contributed by atoms with van der Waals surface area (Å²) in [6.45, 7) is 19.6. The highest BCUT2D eigenvalue weighted by Gasteiger charge is 2.70. The third kappa shape index (κ3) is 6.25. The molecule has 5 fully saturated rings. The number of nitrogens with one attached hydrogen (secondary N) is 1. The van der Waals surface area contributed by atoms with Crippen LogP contribution in [0.3, 0.4) is 0 Å². The number of carboxylic acids is 1. The average molecular weight is 775 g/mol. The van der Waals surface area contributed by atoms with Gasteiger partial charge in [-0.3, -0.25) is 24.2 Å². The Hall–Kier alpha value is -3.00. The minimum atomic E-state index is -1.17. The van der Waals surface area contributed by atoms with Gasteiger partial charge in [-0.2, -0.15) is 0 Å². The minimum absolute atomic E-state index is 0.0161. The van der Waals surface area contributed by atoms with Crippen LogP contribution in [0.1, 0.15) is 145 Å². The van der Waals surface area contributed by atoms with E-state index >= 15 is 0 Å². The van der Waals surface area contributed by atoms with Crippen LogP contribution in [0.2, 0.25) is 5.02 Å². The number of carboxylic acid groups (broad SMARTS) is 1. The number of hydrogen-bond acceptors (Lipinski definition) is 6. The molecule has 0 bridgehead atoms. The summed E-state index contributed by atoms with van der Waals surface area (Å²) in [6.07, 6.45) is 15.0. The summed E-state index contributed by atoms with van der Waals surface area (Å²) in [6, 6.07) is 3.71. The molecule has 0 spiro atoms. The van der Waals surface area contributed by atoms with E-state index < -0.39 is 28.3 Å². The molecule has 6 aliphatic carbocycles. The number of esters is 1. The van der Waals surface area contributed by atoms with Gasteiger partial charge in [-0.1, -0.05) is 66.1 Å². The molecule has 5 saturated carbocycles. The molecule has 1 aromatic heterocycles. The predicted octanol–water partition coefficient (Wildman–Crippen LogP) is 9.79. The second kappa shape index (κ2) is 13.3. The number of carbonyl (C=O) groups excluding carboxylic acids is 3. The largest absolute Gasteiger partial charge is 0.481 e. The number of carbonyl (C=O) groups is 4. The lowest BCUT2D eigenvalue weighted by molar-refractivity contribution is -0.232. The average Bonchev–Trinajstić information content (AvgIpc) is 3.80. The number of fused-ring (bicyclic) bond motifs is 7. The molecular formula is C46H63ClN2O6. The van der Waals surface area contributed by atoms with Crippen molar-refractivity contribution in [3.05, 3.63) is 52.3 Å². The van der Waals surface area contributed by atoms with Gasteiger partial charge in [-0.15, -0.1) is 0 Å². The van der Waals surface area contributed by atoms with E-state index in [4.69, 9.17) is 16.3 Å². The molecule has 0 radical (unpaired) electrons. The molecule has 55 heavy (non-hydrogen) atoms. The number of nitrogens with zero attached hydrogens (tertiary/aromatic N) is 1. The van der Waals surface area contributed by atoms with Crippen molar-refractivity contribution in [1.82, 2.24) is 10.3 Å². The molecule has 0 aliphatic heterocycles. The molecule has 2 N–H and O–H groups in total. The maximum atomic E-state index is 14.1. The monoisotopic (exact) mass is 774 g/mol. The first-order valence-electron chi connectivity index (χ1n) is 20.9. The van der Waals surface area contributed by atoms with Gasteiger partial charge in [0.25, 0.3) is 0 Å². The van der Waals surface area contributed by atoms with Gasteiger partial charge < -0.3 is 15.2 Å². The number of ketones is 1. The number of aliphatic carboxylic acids is 1. The van der Waals surface area contributed by atoms with Crippen molar-refractivity contribution in [2.24, 2.45) is 56.2 Å². The van der Waals surface area contributed by atoms with Gasteiger partial charge in [0.2, 0.25) is 5.91 Å². The first kappa shape index (κ1) is 40.2. The van der Waals surface area contributed by atoms with Crippen LogP contribution < -0.4 is 5.32 Å². The van der Waals surface area contributed by atoms with Crippen molar-refractivity contribution in [3.8, 4) is 0 Å². The molecule has 0 aromatic carbocycles. The fourth-order valence-corrected chi connectivity index (χ4v) is 13.5. The summed E-state index contributed by atoms with van der Waals surface area (Å²) in [5.41, 5.74) is 0.897. The lowest BCUT2D eigenvalue weighted by Gasteiger charge is -2.72. The van der Waals surface area contributed by atoms with Crippen LogP contribution >= 0.6 is 11.6 Å². The molecule has 1 amide bonds. The Morgan fingerprint density at radius 2 is 1.67 bits per heavy atom. The Labute approximate surface area is 333 Å². The fraction of sp³-hybridized carbons (Fsp3) is 0.717. The normalized spacial score (nSPS) is 37.5. The summed E-state index contributed by atoms with van der Waals surface area (Å²) in [4.78, 5) is 57.1. The van der Waals surface area contributed by atoms with E-state index in [0.29, 0.717) is 23.3 Å². The summed E-state index contributed by atoms with van der Waals surface area (Å²) in [5.74, 6) is -0.111. The maximum absolute atomic E-state index is 14.1. The van der Waals surface area contributed by atoms with Crippen LogP contribution in [0.25, 0.3) is 0 Å². The van der Waals surface area contributed by atoms with Crippen molar-refractivity contribution >= 4 is 35.2 Å². The highest BCUT2D eigenvalue weighted by molar-refractivity contribution is 6.30. The number of hydrogen-bond donors (Lipinski definition) is 2. The zero-order chi connectivity index (χ0) is 40.1. The molecule has 9 heteroatoms. The van der Waals surface area contributed by atoms with Gasteiger partial charge in [0.1, 0.15) is 6.10 Å². The number of halogens is 1. The van der Waals surface area contributed by atoms with Crippen LogP contribution in [0.5, 0.6) is 0 Å². The number of Topliss-reactive ketones (excluding diaryl/α,β-unsaturated/α-hetero) is 1. The molecule has 8 atom stereocenters. The molecule has 1 heterocycles. The van der Waals surface area contributed by atoms with E-state index in [2.05, 4.69) is 64.8 Å². The summed E-state index contributed by atoms with van der Waals surface area (Å²) < 4.78 is 6.17. The van der Waals surface area contributed by atoms with E-state index in [0.717, 1.165) is 75.5 Å². The Bertz CT molecular complexity index is 1840. The van der Waals surface area contributed by atoms with E-state index in [1.165, 1.54) is 5.57 Å². The Balaban J connectivity index is 1.14. The molecule has 7 rings (SSSR count). The smallest absolute Gasteiger partial charge is 0.309 e. The van der Waals surface area contributed by atoms with E-state index in [1.54, 1.807) is 26.1 Å². The maximum Gasteiger partial charge on any atom is 0.309 e. The zero-order valence-corrected chi connectivity index (χ0v) is 35.3. The van der Waals surface area contributed by atoms with Gasteiger partial charge in [0.15, 0.2) is 5.78 Å². The van der Waals surface area contributed by atoms with Crippen molar-refractivity contribution in [3.63, 3.8) is 0 Å². The minimum Gasteiger partial charge on any atom is -0.481 e. The second-order valence-electron chi connectivity index (χ2n) is 20.8. The SMILES string of the molecule is CC(C)C1=C2C3CCC4C5(C)CCC(OC(=O)CC(C)(C)C(=O)O)C(C)(C)C5CCC4(C)C3(C)CCC2(C=CC(=O)NC2(c3ccc(Cl)cn3)CC2)CC1=O.